The summed E-state index contributed by atoms with van der Waals surface area (Å²) < 4.78 is 5.24. The molecule has 1 aliphatic rings. The van der Waals surface area contributed by atoms with E-state index >= 15 is 0 Å². The second-order valence-electron chi connectivity index (χ2n) is 6.25. The number of carbonyl (C=O) groups excluding carboxylic acids is 1. The predicted molar refractivity (Wildman–Crippen MR) is 88.1 cm³/mol. The molecular weight excluding hydrogens is 310 g/mol. The van der Waals surface area contributed by atoms with Gasteiger partial charge in [-0.1, -0.05) is 18.2 Å². The molecule has 126 valence electrons. The van der Waals surface area contributed by atoms with Crippen molar-refractivity contribution in [1.82, 2.24) is 5.32 Å². The summed E-state index contributed by atoms with van der Waals surface area (Å²) in [6.45, 7) is 1.73. The highest BCUT2D eigenvalue weighted by Gasteiger charge is 2.28. The van der Waals surface area contributed by atoms with Crippen LogP contribution >= 0.6 is 0 Å². The van der Waals surface area contributed by atoms with Crippen LogP contribution < -0.4 is 10.9 Å². The fourth-order valence-corrected chi connectivity index (χ4v) is 3.31. The molecule has 1 fully saturated rings. The second-order valence-corrected chi connectivity index (χ2v) is 6.25. The summed E-state index contributed by atoms with van der Waals surface area (Å²) in [5.41, 5.74) is 0.425. The Hall–Kier alpha value is -2.63. The molecule has 6 heteroatoms. The molecule has 0 spiro atoms. The van der Waals surface area contributed by atoms with E-state index in [1.165, 1.54) is 0 Å². The summed E-state index contributed by atoms with van der Waals surface area (Å²) in [5.74, 6) is -1.58. The molecule has 0 bridgehead atoms. The Balaban J connectivity index is 1.80. The van der Waals surface area contributed by atoms with E-state index in [0.717, 1.165) is 5.39 Å². The molecule has 1 saturated carbocycles. The van der Waals surface area contributed by atoms with Gasteiger partial charge in [0.15, 0.2) is 0 Å². The van der Waals surface area contributed by atoms with Gasteiger partial charge in [-0.25, -0.2) is 4.79 Å². The highest BCUT2D eigenvalue weighted by atomic mass is 16.4. The van der Waals surface area contributed by atoms with Gasteiger partial charge in [-0.15, -0.1) is 0 Å². The van der Waals surface area contributed by atoms with E-state index in [2.05, 4.69) is 5.32 Å². The van der Waals surface area contributed by atoms with Crippen LogP contribution in [0.25, 0.3) is 11.0 Å². The van der Waals surface area contributed by atoms with Crippen LogP contribution in [-0.2, 0) is 4.79 Å². The van der Waals surface area contributed by atoms with E-state index in [4.69, 9.17) is 9.52 Å². The maximum Gasteiger partial charge on any atom is 0.349 e. The average molecular weight is 329 g/mol. The molecule has 0 saturated heterocycles. The number of carboxylic acid groups (broad SMARTS) is 1. The number of para-hydroxylation sites is 1. The first-order valence-electron chi connectivity index (χ1n) is 8.03. The molecule has 3 rings (SSSR count). The molecule has 6 nitrogen and oxygen atoms in total. The third kappa shape index (κ3) is 3.04. The van der Waals surface area contributed by atoms with Crippen molar-refractivity contribution in [2.24, 2.45) is 5.92 Å². The first-order chi connectivity index (χ1) is 11.5. The van der Waals surface area contributed by atoms with Gasteiger partial charge in [0.2, 0.25) is 0 Å². The minimum absolute atomic E-state index is 0.0223. The number of hydrogen-bond donors (Lipinski definition) is 2. The normalized spacial score (nSPS) is 20.7. The summed E-state index contributed by atoms with van der Waals surface area (Å²) in [5, 5.41) is 12.6. The zero-order chi connectivity index (χ0) is 17.3. The maximum absolute atomic E-state index is 12.5. The summed E-state index contributed by atoms with van der Waals surface area (Å²) >= 11 is 0. The minimum Gasteiger partial charge on any atom is -0.481 e. The van der Waals surface area contributed by atoms with Crippen LogP contribution in [0.3, 0.4) is 0 Å². The van der Waals surface area contributed by atoms with Crippen LogP contribution in [0, 0.1) is 12.8 Å². The van der Waals surface area contributed by atoms with Crippen molar-refractivity contribution >= 4 is 22.8 Å². The van der Waals surface area contributed by atoms with Gasteiger partial charge < -0.3 is 14.8 Å². The van der Waals surface area contributed by atoms with E-state index in [-0.39, 0.29) is 17.5 Å². The lowest BCUT2D eigenvalue weighted by Gasteiger charge is -2.26. The largest absolute Gasteiger partial charge is 0.481 e. The number of nitrogens with one attached hydrogen (secondary N) is 1. The van der Waals surface area contributed by atoms with Gasteiger partial charge in [-0.2, -0.15) is 0 Å². The molecule has 0 aliphatic heterocycles. The number of carbonyl (C=O) groups is 2. The highest BCUT2D eigenvalue weighted by molar-refractivity contribution is 5.99. The molecule has 1 aromatic heterocycles. The molecule has 24 heavy (non-hydrogen) atoms. The van der Waals surface area contributed by atoms with Crippen molar-refractivity contribution in [2.45, 2.75) is 38.6 Å². The number of fused-ring (bicyclic) bond motifs is 1. The van der Waals surface area contributed by atoms with Gasteiger partial charge in [0.1, 0.15) is 11.1 Å². The fourth-order valence-electron chi connectivity index (χ4n) is 3.31. The molecule has 1 amide bonds. The molecule has 1 aliphatic carbocycles. The summed E-state index contributed by atoms with van der Waals surface area (Å²) in [6.07, 6.45) is 2.26. The molecular formula is C18H19NO5. The van der Waals surface area contributed by atoms with Crippen LogP contribution in [-0.4, -0.2) is 23.0 Å². The van der Waals surface area contributed by atoms with Gasteiger partial charge in [0.25, 0.3) is 5.91 Å². The number of carboxylic acids is 1. The van der Waals surface area contributed by atoms with Crippen molar-refractivity contribution < 1.29 is 19.1 Å². The van der Waals surface area contributed by atoms with E-state index in [1.54, 1.807) is 19.1 Å². The molecule has 0 unspecified atom stereocenters. The van der Waals surface area contributed by atoms with Gasteiger partial charge >= 0.3 is 11.6 Å². The lowest BCUT2D eigenvalue weighted by Crippen LogP contribution is -2.40. The first-order valence-corrected chi connectivity index (χ1v) is 8.03. The number of aryl methyl sites for hydroxylation is 1. The van der Waals surface area contributed by atoms with Crippen LogP contribution in [0.15, 0.2) is 33.5 Å². The highest BCUT2D eigenvalue weighted by Crippen LogP contribution is 2.25. The van der Waals surface area contributed by atoms with Gasteiger partial charge in [0, 0.05) is 11.4 Å². The van der Waals surface area contributed by atoms with Crippen LogP contribution in [0.5, 0.6) is 0 Å². The zero-order valence-electron chi connectivity index (χ0n) is 13.4. The quantitative estimate of drug-likeness (QED) is 0.843. The van der Waals surface area contributed by atoms with Crippen LogP contribution in [0.1, 0.15) is 41.6 Å². The molecule has 0 radical (unpaired) electrons. The molecule has 2 N–H and O–H groups in total. The van der Waals surface area contributed by atoms with Crippen molar-refractivity contribution in [2.75, 3.05) is 0 Å². The van der Waals surface area contributed by atoms with Crippen molar-refractivity contribution in [3.8, 4) is 0 Å². The lowest BCUT2D eigenvalue weighted by molar-refractivity contribution is -0.142. The standard InChI is InChI=1S/C18H19NO5/c1-10-13-4-2-3-5-14(13)24-18(23)15(10)16(20)19-12-8-6-11(7-9-12)17(21)22/h2-5,11-12H,6-9H2,1H3,(H,19,20)(H,21,22). The maximum atomic E-state index is 12.5. The Morgan fingerprint density at radius 2 is 1.83 bits per heavy atom. The van der Waals surface area contributed by atoms with E-state index in [0.29, 0.717) is 36.8 Å². The number of benzene rings is 1. The van der Waals surface area contributed by atoms with E-state index in [9.17, 15) is 14.4 Å². The monoisotopic (exact) mass is 329 g/mol. The van der Waals surface area contributed by atoms with E-state index < -0.39 is 17.5 Å². The van der Waals surface area contributed by atoms with Crippen LogP contribution in [0.2, 0.25) is 0 Å². The summed E-state index contributed by atoms with van der Waals surface area (Å²) in [7, 11) is 0. The third-order valence-electron chi connectivity index (χ3n) is 4.71. The third-order valence-corrected chi connectivity index (χ3v) is 4.71. The summed E-state index contributed by atoms with van der Waals surface area (Å²) in [4.78, 5) is 35.7. The number of amides is 1. The Morgan fingerprint density at radius 1 is 1.17 bits per heavy atom. The van der Waals surface area contributed by atoms with Gasteiger partial charge in [0.05, 0.1) is 5.92 Å². The second kappa shape index (κ2) is 6.47. The molecule has 1 heterocycles. The lowest BCUT2D eigenvalue weighted by atomic mass is 9.86. The summed E-state index contributed by atoms with van der Waals surface area (Å²) in [6, 6.07) is 6.98. The first kappa shape index (κ1) is 16.2. The number of hydrogen-bond acceptors (Lipinski definition) is 4. The zero-order valence-corrected chi connectivity index (χ0v) is 13.4. The molecule has 0 atom stereocenters. The number of rotatable bonds is 3. The Bertz CT molecular complexity index is 846. The molecule has 2 aromatic rings. The van der Waals surface area contributed by atoms with Crippen molar-refractivity contribution in [3.63, 3.8) is 0 Å². The van der Waals surface area contributed by atoms with Crippen molar-refractivity contribution in [1.29, 1.82) is 0 Å². The fraction of sp³-hybridized carbons (Fsp3) is 0.389. The SMILES string of the molecule is Cc1c(C(=O)NC2CCC(C(=O)O)CC2)c(=O)oc2ccccc12. The predicted octanol–water partition coefficient (Wildman–Crippen LogP) is 2.47. The Kier molecular flexibility index (Phi) is 4.38. The number of aliphatic carboxylic acids is 1. The van der Waals surface area contributed by atoms with Crippen LogP contribution in [0.4, 0.5) is 0 Å². The smallest absolute Gasteiger partial charge is 0.349 e. The molecule has 1 aromatic carbocycles. The Morgan fingerprint density at radius 3 is 2.50 bits per heavy atom. The Labute approximate surface area is 138 Å². The van der Waals surface area contributed by atoms with Gasteiger partial charge in [-0.05, 0) is 44.2 Å². The van der Waals surface area contributed by atoms with E-state index in [1.807, 2.05) is 12.1 Å². The van der Waals surface area contributed by atoms with Crippen molar-refractivity contribution in [3.05, 3.63) is 45.8 Å². The minimum atomic E-state index is -0.786. The van der Waals surface area contributed by atoms with Gasteiger partial charge in [-0.3, -0.25) is 9.59 Å². The topological polar surface area (TPSA) is 96.6 Å². The average Bonchev–Trinajstić information content (AvgIpc) is 2.55.